The predicted octanol–water partition coefficient (Wildman–Crippen LogP) is 1.57. The first kappa shape index (κ1) is 4.73. The number of hydrogen-bond acceptors (Lipinski definition) is 1. The van der Waals surface area contributed by atoms with Gasteiger partial charge in [0.25, 0.3) is 0 Å². The zero-order chi connectivity index (χ0) is 6.06. The van der Waals surface area contributed by atoms with Crippen molar-refractivity contribution in [3.8, 4) is 0 Å². The van der Waals surface area contributed by atoms with Crippen molar-refractivity contribution < 1.29 is 4.74 Å². The van der Waals surface area contributed by atoms with E-state index in [2.05, 4.69) is 6.92 Å². The van der Waals surface area contributed by atoms with Crippen molar-refractivity contribution in [2.75, 3.05) is 0 Å². The Kier molecular flexibility index (Phi) is 0.563. The average Bonchev–Trinajstić information content (AvgIpc) is 2.21. The van der Waals surface area contributed by atoms with Crippen molar-refractivity contribution in [3.63, 3.8) is 0 Å². The van der Waals surface area contributed by atoms with Gasteiger partial charge in [-0.15, -0.1) is 0 Å². The van der Waals surface area contributed by atoms with E-state index in [4.69, 9.17) is 4.74 Å². The van der Waals surface area contributed by atoms with Crippen molar-refractivity contribution in [3.05, 3.63) is 0 Å². The molecule has 2 heterocycles. The number of hydrogen-bond donors (Lipinski definition) is 0. The zero-order valence-corrected chi connectivity index (χ0v) is 5.76. The fourth-order valence-corrected chi connectivity index (χ4v) is 3.13. The maximum absolute atomic E-state index is 5.71. The van der Waals surface area contributed by atoms with Crippen molar-refractivity contribution >= 4 is 0 Å². The van der Waals surface area contributed by atoms with Crippen LogP contribution >= 0.6 is 0 Å². The molecule has 2 aliphatic carbocycles. The molecule has 2 saturated heterocycles. The molecule has 0 aromatic heterocycles. The highest BCUT2D eigenvalue weighted by Crippen LogP contribution is 2.63. The van der Waals surface area contributed by atoms with Crippen LogP contribution in [-0.4, -0.2) is 11.7 Å². The summed E-state index contributed by atoms with van der Waals surface area (Å²) in [6, 6.07) is 0. The van der Waals surface area contributed by atoms with Crippen molar-refractivity contribution in [2.24, 2.45) is 11.8 Å². The van der Waals surface area contributed by atoms with Gasteiger partial charge >= 0.3 is 0 Å². The molecule has 0 N–H and O–H groups in total. The van der Waals surface area contributed by atoms with E-state index < -0.39 is 0 Å². The van der Waals surface area contributed by atoms with E-state index in [0.717, 1.165) is 11.8 Å². The summed E-state index contributed by atoms with van der Waals surface area (Å²) >= 11 is 0. The fourth-order valence-electron chi connectivity index (χ4n) is 3.13. The Morgan fingerprint density at radius 2 is 2.11 bits per heavy atom. The van der Waals surface area contributed by atoms with E-state index >= 15 is 0 Å². The number of rotatable bonds is 0. The Morgan fingerprint density at radius 1 is 1.33 bits per heavy atom. The third-order valence-electron chi connectivity index (χ3n) is 3.48. The quantitative estimate of drug-likeness (QED) is 0.476. The lowest BCUT2D eigenvalue weighted by Gasteiger charge is -2.44. The molecule has 2 aliphatic heterocycles. The average molecular weight is 124 g/mol. The van der Waals surface area contributed by atoms with Gasteiger partial charge in [-0.1, -0.05) is 6.92 Å². The van der Waals surface area contributed by atoms with E-state index in [-0.39, 0.29) is 0 Å². The lowest BCUT2D eigenvalue weighted by molar-refractivity contribution is -0.190. The molecule has 9 heavy (non-hydrogen) atoms. The molecule has 1 heteroatoms. The molecular formula is C8H12O. The van der Waals surface area contributed by atoms with Gasteiger partial charge in [0.2, 0.25) is 0 Å². The molecule has 0 amide bonds. The topological polar surface area (TPSA) is 9.23 Å². The molecule has 50 valence electrons. The smallest absolute Gasteiger partial charge is 0.0717 e. The van der Waals surface area contributed by atoms with Gasteiger partial charge in [0.15, 0.2) is 0 Å². The lowest BCUT2D eigenvalue weighted by atomic mass is 9.82. The normalized spacial score (nSPS) is 68.3. The summed E-state index contributed by atoms with van der Waals surface area (Å²) in [5.41, 5.74) is 0.425. The van der Waals surface area contributed by atoms with Crippen molar-refractivity contribution in [2.45, 2.75) is 37.9 Å². The molecule has 4 fully saturated rings. The minimum absolute atomic E-state index is 0.425. The van der Waals surface area contributed by atoms with Crippen LogP contribution in [0.3, 0.4) is 0 Å². The first-order chi connectivity index (χ1) is 4.29. The van der Waals surface area contributed by atoms with E-state index in [1.165, 1.54) is 19.3 Å². The first-order valence-corrected chi connectivity index (χ1v) is 3.97. The summed E-state index contributed by atoms with van der Waals surface area (Å²) in [6.07, 6.45) is 4.82. The van der Waals surface area contributed by atoms with Crippen LogP contribution in [0.4, 0.5) is 0 Å². The van der Waals surface area contributed by atoms with Gasteiger partial charge in [-0.2, -0.15) is 0 Å². The maximum Gasteiger partial charge on any atom is 0.0717 e. The van der Waals surface area contributed by atoms with E-state index in [9.17, 15) is 0 Å². The van der Waals surface area contributed by atoms with Gasteiger partial charge < -0.3 is 4.74 Å². The highest BCUT2D eigenvalue weighted by Gasteiger charge is 2.64. The van der Waals surface area contributed by atoms with Gasteiger partial charge in [0, 0.05) is 6.42 Å². The second-order valence-electron chi connectivity index (χ2n) is 4.09. The second-order valence-corrected chi connectivity index (χ2v) is 4.09. The number of ether oxygens (including phenoxy) is 1. The van der Waals surface area contributed by atoms with Crippen LogP contribution in [0, 0.1) is 11.8 Å². The maximum atomic E-state index is 5.71. The van der Waals surface area contributed by atoms with Crippen LogP contribution in [-0.2, 0) is 4.74 Å². The van der Waals surface area contributed by atoms with Crippen molar-refractivity contribution in [1.29, 1.82) is 0 Å². The Labute approximate surface area is 55.4 Å². The summed E-state index contributed by atoms with van der Waals surface area (Å²) in [5.74, 6) is 1.92. The van der Waals surface area contributed by atoms with Crippen LogP contribution in [0.25, 0.3) is 0 Å². The molecule has 0 aromatic rings. The Morgan fingerprint density at radius 3 is 2.33 bits per heavy atom. The molecular weight excluding hydrogens is 112 g/mol. The summed E-state index contributed by atoms with van der Waals surface area (Å²) in [6.45, 7) is 2.38. The molecule has 4 rings (SSSR count). The van der Waals surface area contributed by atoms with E-state index in [1.54, 1.807) is 0 Å². The molecule has 2 saturated carbocycles. The SMILES string of the molecule is CC1CC23CC(O2)C1C3. The van der Waals surface area contributed by atoms with Crippen LogP contribution in [0.15, 0.2) is 0 Å². The monoisotopic (exact) mass is 124 g/mol. The van der Waals surface area contributed by atoms with Gasteiger partial charge in [0.1, 0.15) is 0 Å². The molecule has 3 bridgehead atoms. The fraction of sp³-hybridized carbons (Fsp3) is 1.00. The molecule has 4 aliphatic rings. The summed E-state index contributed by atoms with van der Waals surface area (Å²) in [5, 5.41) is 0. The van der Waals surface area contributed by atoms with Gasteiger partial charge in [0.05, 0.1) is 11.7 Å². The predicted molar refractivity (Wildman–Crippen MR) is 34.1 cm³/mol. The van der Waals surface area contributed by atoms with Crippen molar-refractivity contribution in [1.82, 2.24) is 0 Å². The Bertz CT molecular complexity index is 152. The van der Waals surface area contributed by atoms with Crippen LogP contribution < -0.4 is 0 Å². The lowest BCUT2D eigenvalue weighted by Crippen LogP contribution is -2.47. The largest absolute Gasteiger partial charge is 0.371 e. The molecule has 1 spiro atoms. The van der Waals surface area contributed by atoms with Crippen LogP contribution in [0.5, 0.6) is 0 Å². The molecule has 0 aromatic carbocycles. The van der Waals surface area contributed by atoms with Gasteiger partial charge in [-0.25, -0.2) is 0 Å². The van der Waals surface area contributed by atoms with E-state index in [1.807, 2.05) is 0 Å². The van der Waals surface area contributed by atoms with E-state index in [0.29, 0.717) is 11.7 Å². The van der Waals surface area contributed by atoms with Crippen LogP contribution in [0.1, 0.15) is 26.2 Å². The Hall–Kier alpha value is -0.0400. The third kappa shape index (κ3) is 0.362. The molecule has 4 atom stereocenters. The first-order valence-electron chi connectivity index (χ1n) is 3.97. The van der Waals surface area contributed by atoms with Crippen LogP contribution in [0.2, 0.25) is 0 Å². The summed E-state index contributed by atoms with van der Waals surface area (Å²) < 4.78 is 5.71. The van der Waals surface area contributed by atoms with Gasteiger partial charge in [-0.05, 0) is 24.7 Å². The Balaban J connectivity index is 2.03. The zero-order valence-electron chi connectivity index (χ0n) is 5.76. The molecule has 0 radical (unpaired) electrons. The highest BCUT2D eigenvalue weighted by molar-refractivity contribution is 5.13. The molecule has 1 nitrogen and oxygen atoms in total. The van der Waals surface area contributed by atoms with Gasteiger partial charge in [-0.3, -0.25) is 0 Å². The minimum Gasteiger partial charge on any atom is -0.371 e. The summed E-state index contributed by atoms with van der Waals surface area (Å²) in [4.78, 5) is 0. The highest BCUT2D eigenvalue weighted by atomic mass is 16.5. The standard InChI is InChI=1S/C8H12O/c1-5-2-8-3-6(5)7(4-8)9-8/h5-7H,2-4H2,1H3. The molecule has 4 unspecified atom stereocenters. The summed E-state index contributed by atoms with van der Waals surface area (Å²) in [7, 11) is 0. The minimum atomic E-state index is 0.425. The second kappa shape index (κ2) is 1.07. The third-order valence-corrected chi connectivity index (χ3v) is 3.48.